The molecule has 2 N–H and O–H groups in total. The number of carbonyl (C=O) groups excluding carboxylic acids is 2. The first-order chi connectivity index (χ1) is 20.8. The van der Waals surface area contributed by atoms with Crippen LogP contribution in [0.4, 0.5) is 18.9 Å². The molecule has 2 aromatic rings. The zero-order chi connectivity index (χ0) is 30.0. The van der Waals surface area contributed by atoms with E-state index >= 15 is 0 Å². The summed E-state index contributed by atoms with van der Waals surface area (Å²) in [7, 11) is 0. The molecule has 11 heteroatoms. The number of hydrogen-bond acceptors (Lipinski definition) is 6. The van der Waals surface area contributed by atoms with Crippen LogP contribution in [0.2, 0.25) is 0 Å². The minimum atomic E-state index is -2.64. The van der Waals surface area contributed by atoms with Crippen LogP contribution in [0.15, 0.2) is 36.4 Å². The highest BCUT2D eigenvalue weighted by atomic mass is 19.3. The van der Waals surface area contributed by atoms with Crippen LogP contribution < -0.4 is 20.3 Å². The number of rotatable bonds is 6. The van der Waals surface area contributed by atoms with E-state index in [0.717, 1.165) is 51.3 Å². The first kappa shape index (κ1) is 29.7. The predicted octanol–water partition coefficient (Wildman–Crippen LogP) is 3.87. The molecule has 1 atom stereocenters. The molecule has 0 spiro atoms. The van der Waals surface area contributed by atoms with Crippen LogP contribution >= 0.6 is 0 Å². The van der Waals surface area contributed by atoms with Crippen molar-refractivity contribution in [1.82, 2.24) is 20.4 Å². The molecule has 3 aliphatic heterocycles. The second kappa shape index (κ2) is 12.7. The molecule has 232 valence electrons. The summed E-state index contributed by atoms with van der Waals surface area (Å²) in [6, 6.07) is 9.89. The number of ether oxygens (including phenoxy) is 1. The Labute approximate surface area is 250 Å². The summed E-state index contributed by atoms with van der Waals surface area (Å²) in [6.07, 6.45) is 1.25. The highest BCUT2D eigenvalue weighted by molar-refractivity contribution is 5.96. The van der Waals surface area contributed by atoms with Crippen molar-refractivity contribution >= 4 is 17.5 Å². The van der Waals surface area contributed by atoms with Gasteiger partial charge >= 0.3 is 0 Å². The maximum atomic E-state index is 14.5. The van der Waals surface area contributed by atoms with Crippen molar-refractivity contribution < 1.29 is 27.5 Å². The number of amides is 2. The minimum absolute atomic E-state index is 0.0157. The Morgan fingerprint density at radius 1 is 0.791 bits per heavy atom. The Bertz CT molecular complexity index is 1310. The van der Waals surface area contributed by atoms with Gasteiger partial charge in [0.15, 0.2) is 0 Å². The summed E-state index contributed by atoms with van der Waals surface area (Å²) in [5.41, 5.74) is 2.33. The van der Waals surface area contributed by atoms with Gasteiger partial charge < -0.3 is 30.1 Å². The number of hydrogen-bond donors (Lipinski definition) is 2. The van der Waals surface area contributed by atoms with Gasteiger partial charge in [0.1, 0.15) is 17.7 Å². The molecule has 6 rings (SSSR count). The number of piperazine rings is 2. The van der Waals surface area contributed by atoms with E-state index in [4.69, 9.17) is 4.74 Å². The lowest BCUT2D eigenvalue weighted by atomic mass is 9.81. The normalized spacial score (nSPS) is 23.0. The van der Waals surface area contributed by atoms with E-state index in [2.05, 4.69) is 15.5 Å². The van der Waals surface area contributed by atoms with Crippen molar-refractivity contribution in [3.8, 4) is 5.75 Å². The Morgan fingerprint density at radius 2 is 1.47 bits per heavy atom. The predicted molar refractivity (Wildman–Crippen MR) is 158 cm³/mol. The third-order valence-corrected chi connectivity index (χ3v) is 9.19. The van der Waals surface area contributed by atoms with Crippen molar-refractivity contribution in [1.29, 1.82) is 0 Å². The molecular formula is C32H40F3N5O3. The molecule has 1 unspecified atom stereocenters. The highest BCUT2D eigenvalue weighted by Gasteiger charge is 2.37. The highest BCUT2D eigenvalue weighted by Crippen LogP contribution is 2.44. The number of nitrogens with one attached hydrogen (secondary N) is 2. The average Bonchev–Trinajstić information content (AvgIpc) is 3.54. The van der Waals surface area contributed by atoms with Gasteiger partial charge in [-0.15, -0.1) is 0 Å². The third kappa shape index (κ3) is 6.93. The minimum Gasteiger partial charge on any atom is -0.489 e. The lowest BCUT2D eigenvalue weighted by Gasteiger charge is -2.35. The van der Waals surface area contributed by atoms with Crippen LogP contribution in [0, 0.1) is 5.82 Å². The number of benzene rings is 2. The number of halogens is 3. The van der Waals surface area contributed by atoms with Crippen LogP contribution in [0.5, 0.6) is 5.75 Å². The number of carbonyl (C=O) groups is 2. The number of nitrogens with zero attached hydrogens (tertiary/aromatic N) is 3. The third-order valence-electron chi connectivity index (χ3n) is 9.19. The molecule has 2 amide bonds. The summed E-state index contributed by atoms with van der Waals surface area (Å²) in [5, 5.41) is 6.56. The van der Waals surface area contributed by atoms with E-state index in [1.165, 1.54) is 12.1 Å². The summed E-state index contributed by atoms with van der Waals surface area (Å²) in [6.45, 7) is 6.09. The summed E-state index contributed by atoms with van der Waals surface area (Å²) < 4.78 is 48.7. The summed E-state index contributed by atoms with van der Waals surface area (Å²) >= 11 is 0. The van der Waals surface area contributed by atoms with E-state index in [9.17, 15) is 22.8 Å². The van der Waals surface area contributed by atoms with Gasteiger partial charge in [-0.1, -0.05) is 0 Å². The fraction of sp³-hybridized carbons (Fsp3) is 0.562. The maximum Gasteiger partial charge on any atom is 0.254 e. The van der Waals surface area contributed by atoms with Crippen LogP contribution in [0.1, 0.15) is 64.3 Å². The molecule has 1 saturated carbocycles. The zero-order valence-electron chi connectivity index (χ0n) is 24.4. The molecule has 4 aliphatic rings. The molecule has 0 radical (unpaired) electrons. The Morgan fingerprint density at radius 3 is 2.12 bits per heavy atom. The first-order valence-corrected chi connectivity index (χ1v) is 15.5. The van der Waals surface area contributed by atoms with Gasteiger partial charge in [0.2, 0.25) is 5.92 Å². The summed E-state index contributed by atoms with van der Waals surface area (Å²) in [4.78, 5) is 32.4. The molecule has 0 aromatic heterocycles. The van der Waals surface area contributed by atoms with Crippen LogP contribution in [0.25, 0.3) is 0 Å². The van der Waals surface area contributed by atoms with Crippen LogP contribution in [-0.4, -0.2) is 99.1 Å². The number of anilines is 1. The van der Waals surface area contributed by atoms with Crippen molar-refractivity contribution in [2.75, 3.05) is 70.3 Å². The van der Waals surface area contributed by atoms with Crippen molar-refractivity contribution in [2.45, 2.75) is 50.0 Å². The molecule has 2 aromatic carbocycles. The Balaban J connectivity index is 1.13. The molecule has 4 fully saturated rings. The van der Waals surface area contributed by atoms with Crippen LogP contribution in [0.3, 0.4) is 0 Å². The van der Waals surface area contributed by atoms with Gasteiger partial charge in [-0.25, -0.2) is 13.2 Å². The average molecular weight is 600 g/mol. The van der Waals surface area contributed by atoms with Crippen LogP contribution in [-0.2, 0) is 0 Å². The van der Waals surface area contributed by atoms with E-state index in [1.54, 1.807) is 21.9 Å². The van der Waals surface area contributed by atoms with Gasteiger partial charge in [0.05, 0.1) is 0 Å². The van der Waals surface area contributed by atoms with E-state index < -0.39 is 11.7 Å². The Hall–Kier alpha value is -3.31. The smallest absolute Gasteiger partial charge is 0.254 e. The second-order valence-electron chi connectivity index (χ2n) is 12.1. The second-order valence-corrected chi connectivity index (χ2v) is 12.1. The quantitative estimate of drug-likeness (QED) is 0.526. The Kier molecular flexibility index (Phi) is 8.81. The standard InChI is InChI=1S/C32H40F3N5O3/c33-25-17-24(18-26(20-25)38-11-9-36-10-12-38)31(42)40-15-13-39(14-16-40)30(41)23-1-2-29(43-27-5-8-37-21-27)28(19-23)22-3-6-32(34,35)7-4-22/h1-2,17-20,22,27,36-37H,3-16,21H2. The molecule has 43 heavy (non-hydrogen) atoms. The van der Waals surface area contributed by atoms with E-state index in [-0.39, 0.29) is 36.7 Å². The fourth-order valence-electron chi connectivity index (χ4n) is 6.65. The van der Waals surface area contributed by atoms with Crippen molar-refractivity contribution in [2.24, 2.45) is 0 Å². The van der Waals surface area contributed by atoms with E-state index in [0.29, 0.717) is 61.6 Å². The lowest BCUT2D eigenvalue weighted by Crippen LogP contribution is -2.50. The van der Waals surface area contributed by atoms with Crippen molar-refractivity contribution in [3.05, 3.63) is 58.9 Å². The van der Waals surface area contributed by atoms with Gasteiger partial charge in [0, 0.05) is 88.6 Å². The topological polar surface area (TPSA) is 77.2 Å². The first-order valence-electron chi connectivity index (χ1n) is 15.5. The zero-order valence-corrected chi connectivity index (χ0v) is 24.4. The molecule has 3 saturated heterocycles. The van der Waals surface area contributed by atoms with E-state index in [1.807, 2.05) is 12.1 Å². The van der Waals surface area contributed by atoms with Gasteiger partial charge in [-0.3, -0.25) is 9.59 Å². The van der Waals surface area contributed by atoms with Gasteiger partial charge in [-0.2, -0.15) is 0 Å². The SMILES string of the molecule is O=C(c1cc(F)cc(N2CCNCC2)c1)N1CCN(C(=O)c2ccc(OC3CCNC3)c(C3CCC(F)(F)CC3)c2)CC1. The van der Waals surface area contributed by atoms with Gasteiger partial charge in [0.25, 0.3) is 11.8 Å². The maximum absolute atomic E-state index is 14.5. The monoisotopic (exact) mass is 599 g/mol. The molecule has 3 heterocycles. The molecule has 1 aliphatic carbocycles. The van der Waals surface area contributed by atoms with Crippen molar-refractivity contribution in [3.63, 3.8) is 0 Å². The fourth-order valence-corrected chi connectivity index (χ4v) is 6.65. The summed E-state index contributed by atoms with van der Waals surface area (Å²) in [5.74, 6) is -2.91. The molecule has 8 nitrogen and oxygen atoms in total. The largest absolute Gasteiger partial charge is 0.489 e. The molecule has 0 bridgehead atoms. The number of alkyl halides is 2. The van der Waals surface area contributed by atoms with Gasteiger partial charge in [-0.05, 0) is 73.7 Å². The molecular weight excluding hydrogens is 559 g/mol. The lowest BCUT2D eigenvalue weighted by molar-refractivity contribution is -0.0384.